The molecular weight excluding hydrogens is 190 g/mol. The van der Waals surface area contributed by atoms with Crippen molar-refractivity contribution in [3.63, 3.8) is 0 Å². The van der Waals surface area contributed by atoms with Crippen LogP contribution in [0.1, 0.15) is 23.2 Å². The Morgan fingerprint density at radius 1 is 1.57 bits per heavy atom. The second kappa shape index (κ2) is 4.01. The highest BCUT2D eigenvalue weighted by Crippen LogP contribution is 2.24. The molecule has 1 aromatic rings. The Balaban J connectivity index is 3.34. The van der Waals surface area contributed by atoms with Crippen LogP contribution < -0.4 is 4.74 Å². The van der Waals surface area contributed by atoms with Crippen molar-refractivity contribution in [1.82, 2.24) is 4.98 Å². The molecule has 0 spiro atoms. The number of hydrogen-bond acceptors (Lipinski definition) is 3. The average molecular weight is 198 g/mol. The van der Waals surface area contributed by atoms with Crippen LogP contribution in [-0.2, 0) is 0 Å². The maximum absolute atomic E-state index is 12.3. The van der Waals surface area contributed by atoms with Gasteiger partial charge >= 0.3 is 0 Å². The number of nitriles is 1. The van der Waals surface area contributed by atoms with Crippen molar-refractivity contribution in [2.45, 2.75) is 13.3 Å². The molecule has 0 N–H and O–H groups in total. The van der Waals surface area contributed by atoms with Gasteiger partial charge in [0.05, 0.1) is 18.7 Å². The second-order valence-electron chi connectivity index (χ2n) is 2.64. The molecule has 0 saturated carbocycles. The van der Waals surface area contributed by atoms with Crippen molar-refractivity contribution in [1.29, 1.82) is 5.26 Å². The molecule has 1 aromatic heterocycles. The van der Waals surface area contributed by atoms with E-state index in [-0.39, 0.29) is 11.4 Å². The van der Waals surface area contributed by atoms with Crippen molar-refractivity contribution >= 4 is 0 Å². The predicted molar refractivity (Wildman–Crippen MR) is 45.2 cm³/mol. The minimum atomic E-state index is -2.70. The van der Waals surface area contributed by atoms with Gasteiger partial charge in [-0.25, -0.2) is 13.8 Å². The van der Waals surface area contributed by atoms with E-state index in [1.165, 1.54) is 7.11 Å². The monoisotopic (exact) mass is 198 g/mol. The van der Waals surface area contributed by atoms with Crippen LogP contribution in [0.15, 0.2) is 6.07 Å². The van der Waals surface area contributed by atoms with Crippen molar-refractivity contribution < 1.29 is 13.5 Å². The Hall–Kier alpha value is -1.70. The molecule has 0 bridgehead atoms. The number of pyridine rings is 1. The Morgan fingerprint density at radius 2 is 2.21 bits per heavy atom. The summed E-state index contributed by atoms with van der Waals surface area (Å²) in [6.07, 6.45) is -2.70. The van der Waals surface area contributed by atoms with E-state index in [4.69, 9.17) is 10.00 Å². The maximum atomic E-state index is 12.3. The number of halogens is 2. The molecule has 0 saturated heterocycles. The average Bonchev–Trinajstić information content (AvgIpc) is 2.17. The first-order valence-corrected chi connectivity index (χ1v) is 3.84. The number of methoxy groups -OCH3 is 1. The minimum Gasteiger partial charge on any atom is -0.481 e. The SMILES string of the molecule is COc1nc(C(F)F)cc(C#N)c1C. The molecule has 1 heterocycles. The van der Waals surface area contributed by atoms with Crippen LogP contribution in [0.2, 0.25) is 0 Å². The summed E-state index contributed by atoms with van der Waals surface area (Å²) in [7, 11) is 1.33. The lowest BCUT2D eigenvalue weighted by Gasteiger charge is -2.07. The van der Waals surface area contributed by atoms with Crippen molar-refractivity contribution in [2.75, 3.05) is 7.11 Å². The van der Waals surface area contributed by atoms with Crippen LogP contribution in [-0.4, -0.2) is 12.1 Å². The van der Waals surface area contributed by atoms with Gasteiger partial charge in [0.2, 0.25) is 5.88 Å². The Bertz CT molecular complexity index is 385. The van der Waals surface area contributed by atoms with E-state index in [0.717, 1.165) is 6.07 Å². The number of nitrogens with zero attached hydrogens (tertiary/aromatic N) is 2. The fourth-order valence-corrected chi connectivity index (χ4v) is 1.03. The first-order chi connectivity index (χ1) is 6.60. The lowest BCUT2D eigenvalue weighted by molar-refractivity contribution is 0.145. The smallest absolute Gasteiger partial charge is 0.280 e. The first-order valence-electron chi connectivity index (χ1n) is 3.84. The van der Waals surface area contributed by atoms with Crippen molar-refractivity contribution in [2.24, 2.45) is 0 Å². The highest BCUT2D eigenvalue weighted by molar-refractivity contribution is 5.43. The summed E-state index contributed by atoms with van der Waals surface area (Å²) in [6.45, 7) is 1.60. The standard InChI is InChI=1S/C9H8F2N2O/c1-5-6(4-12)3-7(8(10)11)13-9(5)14-2/h3,8H,1-2H3. The van der Waals surface area contributed by atoms with Crippen molar-refractivity contribution in [3.05, 3.63) is 22.9 Å². The topological polar surface area (TPSA) is 45.9 Å². The predicted octanol–water partition coefficient (Wildman–Crippen LogP) is 2.21. The number of alkyl halides is 2. The zero-order chi connectivity index (χ0) is 10.7. The molecule has 0 aliphatic heterocycles. The summed E-state index contributed by atoms with van der Waals surface area (Å²) in [5, 5.41) is 8.67. The normalized spacial score (nSPS) is 10.0. The van der Waals surface area contributed by atoms with Gasteiger partial charge in [0.1, 0.15) is 5.69 Å². The van der Waals surface area contributed by atoms with Gasteiger partial charge in [-0.1, -0.05) is 0 Å². The molecule has 0 fully saturated rings. The Kier molecular flexibility index (Phi) is 2.97. The van der Waals surface area contributed by atoms with Gasteiger partial charge in [0.15, 0.2) is 0 Å². The summed E-state index contributed by atoms with van der Waals surface area (Å²) < 4.78 is 29.4. The van der Waals surface area contributed by atoms with Gasteiger partial charge in [0, 0.05) is 5.56 Å². The van der Waals surface area contributed by atoms with Gasteiger partial charge in [-0.05, 0) is 13.0 Å². The van der Waals surface area contributed by atoms with E-state index in [9.17, 15) is 8.78 Å². The molecule has 0 unspecified atom stereocenters. The fraction of sp³-hybridized carbons (Fsp3) is 0.333. The summed E-state index contributed by atoms with van der Waals surface area (Å²) in [5.41, 5.74) is 0.190. The molecule has 14 heavy (non-hydrogen) atoms. The van der Waals surface area contributed by atoms with Gasteiger partial charge < -0.3 is 4.74 Å². The van der Waals surface area contributed by atoms with E-state index in [2.05, 4.69) is 4.98 Å². The molecule has 1 rings (SSSR count). The van der Waals surface area contributed by atoms with E-state index in [0.29, 0.717) is 5.56 Å². The van der Waals surface area contributed by atoms with Gasteiger partial charge in [-0.15, -0.1) is 0 Å². The molecule has 3 nitrogen and oxygen atoms in total. The molecule has 0 aromatic carbocycles. The van der Waals surface area contributed by atoms with Crippen LogP contribution in [0.5, 0.6) is 5.88 Å². The summed E-state index contributed by atoms with van der Waals surface area (Å²) in [6, 6.07) is 2.88. The van der Waals surface area contributed by atoms with E-state index in [1.807, 2.05) is 6.07 Å². The van der Waals surface area contributed by atoms with E-state index >= 15 is 0 Å². The summed E-state index contributed by atoms with van der Waals surface area (Å²) >= 11 is 0. The van der Waals surface area contributed by atoms with Crippen LogP contribution >= 0.6 is 0 Å². The van der Waals surface area contributed by atoms with Crippen molar-refractivity contribution in [3.8, 4) is 11.9 Å². The highest BCUT2D eigenvalue weighted by Gasteiger charge is 2.15. The third kappa shape index (κ3) is 1.79. The summed E-state index contributed by atoms with van der Waals surface area (Å²) in [4.78, 5) is 3.58. The minimum absolute atomic E-state index is 0.0688. The van der Waals surface area contributed by atoms with Crippen LogP contribution in [0.4, 0.5) is 8.78 Å². The lowest BCUT2D eigenvalue weighted by Crippen LogP contribution is -1.99. The van der Waals surface area contributed by atoms with Crippen LogP contribution in [0.3, 0.4) is 0 Å². The largest absolute Gasteiger partial charge is 0.481 e. The zero-order valence-electron chi connectivity index (χ0n) is 7.71. The van der Waals surface area contributed by atoms with Gasteiger partial charge in [-0.3, -0.25) is 0 Å². The molecule has 5 heteroatoms. The van der Waals surface area contributed by atoms with Gasteiger partial charge in [0.25, 0.3) is 6.43 Å². The molecule has 0 aliphatic rings. The number of hydrogen-bond donors (Lipinski definition) is 0. The van der Waals surface area contributed by atoms with E-state index in [1.54, 1.807) is 6.92 Å². The summed E-state index contributed by atoms with van der Waals surface area (Å²) in [5.74, 6) is 0.0688. The molecule has 0 aliphatic carbocycles. The highest BCUT2D eigenvalue weighted by atomic mass is 19.3. The number of ether oxygens (including phenoxy) is 1. The van der Waals surface area contributed by atoms with Gasteiger partial charge in [-0.2, -0.15) is 5.26 Å². The second-order valence-corrected chi connectivity index (χ2v) is 2.64. The lowest BCUT2D eigenvalue weighted by atomic mass is 10.1. The Morgan fingerprint density at radius 3 is 2.64 bits per heavy atom. The molecule has 0 radical (unpaired) electrons. The van der Waals surface area contributed by atoms with E-state index < -0.39 is 12.1 Å². The number of rotatable bonds is 2. The maximum Gasteiger partial charge on any atom is 0.280 e. The van der Waals surface area contributed by atoms with Crippen LogP contribution in [0, 0.1) is 18.3 Å². The third-order valence-electron chi connectivity index (χ3n) is 1.79. The molecule has 74 valence electrons. The third-order valence-corrected chi connectivity index (χ3v) is 1.79. The molecule has 0 amide bonds. The van der Waals surface area contributed by atoms with Crippen LogP contribution in [0.25, 0.3) is 0 Å². The molecule has 0 atom stereocenters. The number of aromatic nitrogens is 1. The Labute approximate surface area is 79.9 Å². The first kappa shape index (κ1) is 10.4. The quantitative estimate of drug-likeness (QED) is 0.731. The zero-order valence-corrected chi connectivity index (χ0v) is 7.71. The fourth-order valence-electron chi connectivity index (χ4n) is 1.03. The molecular formula is C9H8F2N2O.